The Kier molecular flexibility index (Phi) is 4.29. The number of thioether (sulfide) groups is 1. The molecule has 1 amide bonds. The van der Waals surface area contributed by atoms with E-state index < -0.39 is 0 Å². The number of para-hydroxylation sites is 1. The van der Waals surface area contributed by atoms with E-state index in [1.54, 1.807) is 17.3 Å². The molecule has 0 radical (unpaired) electrons. The van der Waals surface area contributed by atoms with Crippen LogP contribution in [0, 0.1) is 0 Å². The zero-order chi connectivity index (χ0) is 15.4. The fraction of sp³-hybridized carbons (Fsp3) is 0.125. The molecule has 1 fully saturated rings. The zero-order valence-electron chi connectivity index (χ0n) is 12.0. The lowest BCUT2D eigenvalue weighted by atomic mass is 10.2. The molecular weight excluding hydrogens is 296 g/mol. The Morgan fingerprint density at radius 3 is 2.64 bits per heavy atom. The maximum Gasteiger partial charge on any atom is 0.243 e. The Morgan fingerprint density at radius 1 is 1.18 bits per heavy atom. The number of amides is 1. The molecule has 0 unspecified atom stereocenters. The van der Waals surface area contributed by atoms with Crippen molar-refractivity contribution in [2.24, 2.45) is 10.2 Å². The minimum atomic E-state index is 0.0201. The van der Waals surface area contributed by atoms with Crippen LogP contribution in [0.4, 0.5) is 5.69 Å². The summed E-state index contributed by atoms with van der Waals surface area (Å²) in [5.41, 5.74) is 2.55. The first kappa shape index (κ1) is 14.5. The van der Waals surface area contributed by atoms with Gasteiger partial charge < -0.3 is 0 Å². The molecule has 0 atom stereocenters. The Hall–Kier alpha value is -2.47. The topological polar surface area (TPSA) is 57.9 Å². The molecular formula is C16H14N4OS. The summed E-state index contributed by atoms with van der Waals surface area (Å²) in [5.74, 6) is 0.407. The van der Waals surface area contributed by atoms with Gasteiger partial charge in [0.1, 0.15) is 0 Å². The number of carbonyl (C=O) groups excluding carboxylic acids is 1. The summed E-state index contributed by atoms with van der Waals surface area (Å²) in [7, 11) is 0. The van der Waals surface area contributed by atoms with Gasteiger partial charge in [0.2, 0.25) is 5.91 Å². The van der Waals surface area contributed by atoms with Crippen molar-refractivity contribution < 1.29 is 4.79 Å². The van der Waals surface area contributed by atoms with E-state index >= 15 is 0 Å². The van der Waals surface area contributed by atoms with E-state index in [1.165, 1.54) is 11.8 Å². The SMILES string of the molecule is C/C(=N\N=C1/SCC(=O)N1c1ccccc1)c1ccncc1. The number of aromatic nitrogens is 1. The number of nitrogens with zero attached hydrogens (tertiary/aromatic N) is 4. The quantitative estimate of drug-likeness (QED) is 0.647. The minimum Gasteiger partial charge on any atom is -0.273 e. The Bertz CT molecular complexity index is 728. The highest BCUT2D eigenvalue weighted by molar-refractivity contribution is 8.15. The Balaban J connectivity index is 1.88. The second kappa shape index (κ2) is 6.53. The Labute approximate surface area is 132 Å². The molecule has 6 heteroatoms. The number of benzene rings is 1. The lowest BCUT2D eigenvalue weighted by molar-refractivity contribution is -0.115. The van der Waals surface area contributed by atoms with Gasteiger partial charge in [-0.3, -0.25) is 14.7 Å². The van der Waals surface area contributed by atoms with Crippen molar-refractivity contribution in [2.75, 3.05) is 10.7 Å². The standard InChI is InChI=1S/C16H14N4OS/c1-12(13-7-9-17-10-8-13)18-19-16-20(15(21)11-22-16)14-5-3-2-4-6-14/h2-10H,11H2,1H3/b18-12+,19-16-. The fourth-order valence-electron chi connectivity index (χ4n) is 2.04. The van der Waals surface area contributed by atoms with Gasteiger partial charge in [0.25, 0.3) is 0 Å². The van der Waals surface area contributed by atoms with Crippen LogP contribution in [0.25, 0.3) is 0 Å². The molecule has 2 heterocycles. The van der Waals surface area contributed by atoms with E-state index in [1.807, 2.05) is 49.4 Å². The third-order valence-electron chi connectivity index (χ3n) is 3.16. The largest absolute Gasteiger partial charge is 0.273 e. The van der Waals surface area contributed by atoms with Crippen LogP contribution in [-0.2, 0) is 4.79 Å². The molecule has 0 aliphatic carbocycles. The summed E-state index contributed by atoms with van der Waals surface area (Å²) in [5, 5.41) is 9.11. The molecule has 3 rings (SSSR count). The van der Waals surface area contributed by atoms with Gasteiger partial charge in [-0.1, -0.05) is 30.0 Å². The van der Waals surface area contributed by atoms with Gasteiger partial charge >= 0.3 is 0 Å². The van der Waals surface area contributed by atoms with Gasteiger partial charge in [-0.2, -0.15) is 5.10 Å². The second-order valence-corrected chi connectivity index (χ2v) is 5.60. The molecule has 1 aromatic carbocycles. The monoisotopic (exact) mass is 310 g/mol. The summed E-state index contributed by atoms with van der Waals surface area (Å²) < 4.78 is 0. The molecule has 2 aromatic rings. The summed E-state index contributed by atoms with van der Waals surface area (Å²) >= 11 is 1.40. The van der Waals surface area contributed by atoms with Crippen molar-refractivity contribution in [2.45, 2.75) is 6.92 Å². The molecule has 22 heavy (non-hydrogen) atoms. The number of pyridine rings is 1. The first-order valence-corrected chi connectivity index (χ1v) is 7.78. The lowest BCUT2D eigenvalue weighted by Crippen LogP contribution is -2.28. The van der Waals surface area contributed by atoms with Gasteiger partial charge in [0.15, 0.2) is 5.17 Å². The first-order valence-electron chi connectivity index (χ1n) is 6.79. The second-order valence-electron chi connectivity index (χ2n) is 4.66. The molecule has 0 bridgehead atoms. The van der Waals surface area contributed by atoms with E-state index in [-0.39, 0.29) is 5.91 Å². The number of amidine groups is 1. The first-order chi connectivity index (χ1) is 10.8. The van der Waals surface area contributed by atoms with Crippen molar-refractivity contribution in [3.8, 4) is 0 Å². The van der Waals surface area contributed by atoms with E-state index in [0.717, 1.165) is 17.0 Å². The summed E-state index contributed by atoms with van der Waals surface area (Å²) in [6.07, 6.45) is 3.43. The van der Waals surface area contributed by atoms with Crippen LogP contribution in [0.1, 0.15) is 12.5 Å². The fourth-order valence-corrected chi connectivity index (χ4v) is 2.85. The maximum absolute atomic E-state index is 12.1. The number of rotatable bonds is 3. The van der Waals surface area contributed by atoms with Crippen LogP contribution in [0.5, 0.6) is 0 Å². The predicted molar refractivity (Wildman–Crippen MR) is 90.3 cm³/mol. The summed E-state index contributed by atoms with van der Waals surface area (Å²) in [6, 6.07) is 13.2. The van der Waals surface area contributed by atoms with Gasteiger partial charge in [0.05, 0.1) is 17.2 Å². The van der Waals surface area contributed by atoms with Crippen molar-refractivity contribution in [1.82, 2.24) is 4.98 Å². The van der Waals surface area contributed by atoms with Crippen molar-refractivity contribution in [3.63, 3.8) is 0 Å². The number of hydrogen-bond donors (Lipinski definition) is 0. The molecule has 0 spiro atoms. The van der Waals surface area contributed by atoms with Crippen LogP contribution in [0.15, 0.2) is 65.1 Å². The maximum atomic E-state index is 12.1. The van der Waals surface area contributed by atoms with Gasteiger partial charge in [-0.05, 0) is 31.2 Å². The molecule has 110 valence electrons. The smallest absolute Gasteiger partial charge is 0.243 e. The van der Waals surface area contributed by atoms with Crippen LogP contribution in [0.3, 0.4) is 0 Å². The molecule has 0 saturated carbocycles. The highest BCUT2D eigenvalue weighted by atomic mass is 32.2. The lowest BCUT2D eigenvalue weighted by Gasteiger charge is -2.14. The van der Waals surface area contributed by atoms with Crippen LogP contribution in [-0.4, -0.2) is 27.5 Å². The normalized spacial score (nSPS) is 17.3. The third kappa shape index (κ3) is 3.07. The number of carbonyl (C=O) groups is 1. The Morgan fingerprint density at radius 2 is 1.91 bits per heavy atom. The molecule has 1 aliphatic heterocycles. The third-order valence-corrected chi connectivity index (χ3v) is 4.08. The highest BCUT2D eigenvalue weighted by Crippen LogP contribution is 2.26. The van der Waals surface area contributed by atoms with E-state index in [2.05, 4.69) is 15.2 Å². The highest BCUT2D eigenvalue weighted by Gasteiger charge is 2.29. The van der Waals surface area contributed by atoms with Gasteiger partial charge in [-0.15, -0.1) is 5.10 Å². The van der Waals surface area contributed by atoms with Crippen molar-refractivity contribution >= 4 is 34.2 Å². The van der Waals surface area contributed by atoms with Crippen LogP contribution >= 0.6 is 11.8 Å². The average molecular weight is 310 g/mol. The van der Waals surface area contributed by atoms with E-state index in [0.29, 0.717) is 10.9 Å². The molecule has 0 N–H and O–H groups in total. The average Bonchev–Trinajstić information content (AvgIpc) is 2.95. The predicted octanol–water partition coefficient (Wildman–Crippen LogP) is 2.94. The van der Waals surface area contributed by atoms with Crippen molar-refractivity contribution in [3.05, 3.63) is 60.4 Å². The van der Waals surface area contributed by atoms with Gasteiger partial charge in [-0.25, -0.2) is 0 Å². The summed E-state index contributed by atoms with van der Waals surface area (Å²) in [4.78, 5) is 17.7. The molecule has 1 aromatic heterocycles. The number of anilines is 1. The zero-order valence-corrected chi connectivity index (χ0v) is 12.8. The van der Waals surface area contributed by atoms with Crippen LogP contribution in [0.2, 0.25) is 0 Å². The minimum absolute atomic E-state index is 0.0201. The molecule has 1 saturated heterocycles. The van der Waals surface area contributed by atoms with Crippen LogP contribution < -0.4 is 4.90 Å². The molecule has 1 aliphatic rings. The van der Waals surface area contributed by atoms with Crippen molar-refractivity contribution in [1.29, 1.82) is 0 Å². The van der Waals surface area contributed by atoms with E-state index in [9.17, 15) is 4.79 Å². The van der Waals surface area contributed by atoms with Gasteiger partial charge in [0, 0.05) is 18.0 Å². The number of hydrogen-bond acceptors (Lipinski definition) is 5. The molecule has 5 nitrogen and oxygen atoms in total. The van der Waals surface area contributed by atoms with E-state index in [4.69, 9.17) is 0 Å². The summed E-state index contributed by atoms with van der Waals surface area (Å²) in [6.45, 7) is 1.88.